The molecule has 2 aromatic heterocycles. The lowest BCUT2D eigenvalue weighted by molar-refractivity contribution is -0.139. The lowest BCUT2D eigenvalue weighted by Crippen LogP contribution is -2.56. The van der Waals surface area contributed by atoms with Gasteiger partial charge >= 0.3 is 6.09 Å². The number of carbonyl (C=O) groups is 2. The van der Waals surface area contributed by atoms with E-state index in [2.05, 4.69) is 25.5 Å². The van der Waals surface area contributed by atoms with Gasteiger partial charge in [-0.25, -0.2) is 23.2 Å². The number of hydrogen-bond acceptors (Lipinski definition) is 14. The fourth-order valence-electron chi connectivity index (χ4n) is 5.43. The summed E-state index contributed by atoms with van der Waals surface area (Å²) in [5.41, 5.74) is 1.75. The van der Waals surface area contributed by atoms with E-state index in [4.69, 9.17) is 28.4 Å². The third-order valence-electron chi connectivity index (χ3n) is 8.72. The molecule has 0 aliphatic carbocycles. The number of hydrogen-bond donors (Lipinski definition) is 2. The molecule has 0 radical (unpaired) electrons. The molecule has 306 valence electrons. The zero-order valence-corrected chi connectivity index (χ0v) is 34.3. The number of ether oxygens (including phenoxy) is 6. The molecule has 4 rings (SSSR count). The van der Waals surface area contributed by atoms with Crippen molar-refractivity contribution >= 4 is 44.4 Å². The van der Waals surface area contributed by atoms with Crippen LogP contribution in [-0.4, -0.2) is 146 Å². The molecular formula is C37H57N7O10S. The van der Waals surface area contributed by atoms with Gasteiger partial charge in [0.15, 0.2) is 15.7 Å². The van der Waals surface area contributed by atoms with Crippen molar-refractivity contribution in [1.82, 2.24) is 30.0 Å². The maximum atomic E-state index is 13.7. The van der Waals surface area contributed by atoms with Gasteiger partial charge in [-0.3, -0.25) is 9.89 Å². The Balaban J connectivity index is 1.12. The predicted octanol–water partition coefficient (Wildman–Crippen LogP) is 4.20. The molecule has 1 fully saturated rings. The van der Waals surface area contributed by atoms with Crippen molar-refractivity contribution in [3.8, 4) is 5.75 Å². The number of aromatic nitrogens is 4. The Labute approximate surface area is 323 Å². The molecule has 55 heavy (non-hydrogen) atoms. The van der Waals surface area contributed by atoms with Gasteiger partial charge in [-0.1, -0.05) is 0 Å². The van der Waals surface area contributed by atoms with Crippen molar-refractivity contribution in [2.24, 2.45) is 0 Å². The van der Waals surface area contributed by atoms with Gasteiger partial charge in [0.05, 0.1) is 56.5 Å². The SMILES string of the molecule is Cc1[nH]nc(Nc2ncnc3cc(OCCOCCOCCOCCOCC(=O)N4CCN(C(=O)OC(C)(C)C)C(C)C4)c(S(=O)(=O)C(C)(C)C)cc23)c1C. The van der Waals surface area contributed by atoms with Crippen LogP contribution in [0.2, 0.25) is 0 Å². The number of benzene rings is 1. The van der Waals surface area contributed by atoms with Crippen LogP contribution in [0.15, 0.2) is 23.4 Å². The normalized spacial score (nSPS) is 15.4. The van der Waals surface area contributed by atoms with Crippen LogP contribution in [0.5, 0.6) is 5.75 Å². The molecule has 1 unspecified atom stereocenters. The van der Waals surface area contributed by atoms with Gasteiger partial charge in [-0.05, 0) is 68.4 Å². The van der Waals surface area contributed by atoms with E-state index >= 15 is 0 Å². The minimum atomic E-state index is -3.82. The number of nitrogens with zero attached hydrogens (tertiary/aromatic N) is 5. The molecule has 1 aliphatic rings. The van der Waals surface area contributed by atoms with Crippen LogP contribution < -0.4 is 10.1 Å². The summed E-state index contributed by atoms with van der Waals surface area (Å²) in [5, 5.41) is 10.9. The van der Waals surface area contributed by atoms with E-state index in [-0.39, 0.29) is 55.1 Å². The van der Waals surface area contributed by atoms with Gasteiger partial charge in [0.25, 0.3) is 0 Å². The first kappa shape index (κ1) is 43.6. The molecule has 1 aliphatic heterocycles. The Kier molecular flexibility index (Phi) is 15.2. The summed E-state index contributed by atoms with van der Waals surface area (Å²) in [7, 11) is -3.82. The summed E-state index contributed by atoms with van der Waals surface area (Å²) in [6.07, 6.45) is 1.02. The van der Waals surface area contributed by atoms with Crippen molar-refractivity contribution in [2.75, 3.05) is 84.4 Å². The molecule has 17 nitrogen and oxygen atoms in total. The van der Waals surface area contributed by atoms with Gasteiger partial charge in [0, 0.05) is 48.4 Å². The molecule has 0 spiro atoms. The molecule has 0 saturated carbocycles. The second-order valence-corrected chi connectivity index (χ2v) is 17.9. The first-order valence-electron chi connectivity index (χ1n) is 18.4. The molecule has 18 heteroatoms. The van der Waals surface area contributed by atoms with Crippen LogP contribution in [0.4, 0.5) is 16.4 Å². The number of rotatable bonds is 18. The maximum Gasteiger partial charge on any atom is 0.410 e. The average Bonchev–Trinajstić information content (AvgIpc) is 3.42. The molecule has 0 bridgehead atoms. The van der Waals surface area contributed by atoms with E-state index < -0.39 is 20.2 Å². The Bertz CT molecular complexity index is 1860. The summed E-state index contributed by atoms with van der Waals surface area (Å²) in [6, 6.07) is 2.99. The van der Waals surface area contributed by atoms with Gasteiger partial charge < -0.3 is 43.5 Å². The lowest BCUT2D eigenvalue weighted by Gasteiger charge is -2.40. The number of amides is 2. The van der Waals surface area contributed by atoms with Gasteiger partial charge in [0.2, 0.25) is 5.91 Å². The number of piperazine rings is 1. The molecular weight excluding hydrogens is 735 g/mol. The highest BCUT2D eigenvalue weighted by Gasteiger charge is 2.35. The number of fused-ring (bicyclic) bond motifs is 1. The van der Waals surface area contributed by atoms with E-state index in [9.17, 15) is 18.0 Å². The first-order chi connectivity index (χ1) is 25.9. The monoisotopic (exact) mass is 791 g/mol. The Morgan fingerprint density at radius 3 is 2.05 bits per heavy atom. The van der Waals surface area contributed by atoms with Crippen molar-refractivity contribution in [1.29, 1.82) is 0 Å². The number of anilines is 2. The summed E-state index contributed by atoms with van der Waals surface area (Å²) < 4.78 is 59.9. The second-order valence-electron chi connectivity index (χ2n) is 15.2. The van der Waals surface area contributed by atoms with Crippen molar-refractivity contribution in [3.05, 3.63) is 29.7 Å². The quantitative estimate of drug-likeness (QED) is 0.174. The summed E-state index contributed by atoms with van der Waals surface area (Å²) >= 11 is 0. The third kappa shape index (κ3) is 12.2. The molecule has 3 aromatic rings. The van der Waals surface area contributed by atoms with E-state index in [1.165, 1.54) is 6.33 Å². The molecule has 1 saturated heterocycles. The summed E-state index contributed by atoms with van der Waals surface area (Å²) in [4.78, 5) is 37.1. The van der Waals surface area contributed by atoms with Crippen molar-refractivity contribution in [3.63, 3.8) is 0 Å². The summed E-state index contributed by atoms with van der Waals surface area (Å²) in [5.74, 6) is 1.05. The topological polar surface area (TPSA) is 197 Å². The highest BCUT2D eigenvalue weighted by Crippen LogP contribution is 2.37. The highest BCUT2D eigenvalue weighted by atomic mass is 32.2. The first-order valence-corrected chi connectivity index (χ1v) is 19.9. The van der Waals surface area contributed by atoms with Crippen LogP contribution in [0, 0.1) is 13.8 Å². The zero-order valence-electron chi connectivity index (χ0n) is 33.5. The van der Waals surface area contributed by atoms with Crippen LogP contribution in [0.3, 0.4) is 0 Å². The fraction of sp³-hybridized carbons (Fsp3) is 0.649. The van der Waals surface area contributed by atoms with Gasteiger partial charge in [-0.2, -0.15) is 5.10 Å². The minimum absolute atomic E-state index is 0.0328. The predicted molar refractivity (Wildman–Crippen MR) is 206 cm³/mol. The number of nitrogens with one attached hydrogen (secondary N) is 2. The molecule has 2 N–H and O–H groups in total. The molecule has 3 heterocycles. The Hall–Kier alpha value is -4.10. The number of sulfone groups is 1. The van der Waals surface area contributed by atoms with Crippen LogP contribution >= 0.6 is 0 Å². The van der Waals surface area contributed by atoms with E-state index in [0.29, 0.717) is 75.2 Å². The Morgan fingerprint density at radius 1 is 0.873 bits per heavy atom. The lowest BCUT2D eigenvalue weighted by atomic mass is 10.2. The van der Waals surface area contributed by atoms with Gasteiger partial charge in [0.1, 0.15) is 41.6 Å². The minimum Gasteiger partial charge on any atom is -0.490 e. The third-order valence-corrected chi connectivity index (χ3v) is 11.2. The van der Waals surface area contributed by atoms with E-state index in [0.717, 1.165) is 11.3 Å². The van der Waals surface area contributed by atoms with Crippen LogP contribution in [-0.2, 0) is 38.3 Å². The summed E-state index contributed by atoms with van der Waals surface area (Å²) in [6.45, 7) is 19.5. The van der Waals surface area contributed by atoms with Crippen LogP contribution in [0.25, 0.3) is 10.9 Å². The van der Waals surface area contributed by atoms with E-state index in [1.54, 1.807) is 42.7 Å². The average molecular weight is 792 g/mol. The number of aromatic amines is 1. The highest BCUT2D eigenvalue weighted by molar-refractivity contribution is 7.92. The number of aryl methyl sites for hydroxylation is 1. The molecule has 1 atom stereocenters. The van der Waals surface area contributed by atoms with Crippen molar-refractivity contribution < 1.29 is 46.4 Å². The maximum absolute atomic E-state index is 13.7. The number of carbonyl (C=O) groups excluding carboxylic acids is 2. The number of H-pyrrole nitrogens is 1. The van der Waals surface area contributed by atoms with E-state index in [1.807, 2.05) is 41.5 Å². The standard InChI is InChI=1S/C37H57N7O10S/c1-25-22-43(10-11-44(25)35(46)54-36(4,5)6)32(45)23-52-17-16-50-13-12-49-14-15-51-18-19-53-30-21-29-28(20-31(30)55(47,48)37(7,8)9)34(39-24-38-29)40-33-26(2)27(3)41-42-33/h20-21,24-25H,10-19,22-23H2,1-9H3,(H2,38,39,40,41,42). The van der Waals surface area contributed by atoms with Crippen LogP contribution in [0.1, 0.15) is 59.7 Å². The largest absolute Gasteiger partial charge is 0.490 e. The fourth-order valence-corrected chi connectivity index (χ4v) is 6.75. The Morgan fingerprint density at radius 2 is 1.49 bits per heavy atom. The second kappa shape index (κ2) is 19.2. The van der Waals surface area contributed by atoms with Crippen molar-refractivity contribution in [2.45, 2.75) is 83.6 Å². The molecule has 2 amide bonds. The smallest absolute Gasteiger partial charge is 0.410 e. The zero-order chi connectivity index (χ0) is 40.4. The van der Waals surface area contributed by atoms with Gasteiger partial charge in [-0.15, -0.1) is 0 Å². The molecule has 1 aromatic carbocycles.